The van der Waals surface area contributed by atoms with E-state index in [1.165, 1.54) is 0 Å². The molecule has 28 heavy (non-hydrogen) atoms. The number of rotatable bonds is 7. The van der Waals surface area contributed by atoms with Gasteiger partial charge in [-0.2, -0.15) is 0 Å². The fourth-order valence-electron chi connectivity index (χ4n) is 2.79. The number of halogens is 2. The molecule has 2 aromatic carbocycles. The molecule has 2 aromatic rings. The molecule has 0 aliphatic rings. The van der Waals surface area contributed by atoms with Crippen molar-refractivity contribution in [2.24, 2.45) is 4.99 Å². The Balaban J connectivity index is 0.00000392. The number of guanidine groups is 1. The maximum atomic E-state index is 13.7. The lowest BCUT2D eigenvalue weighted by molar-refractivity contribution is 0.297. The monoisotopic (exact) mass is 500 g/mol. The Morgan fingerprint density at radius 2 is 1.93 bits per heavy atom. The van der Waals surface area contributed by atoms with Gasteiger partial charge in [-0.05, 0) is 55.9 Å². The second kappa shape index (κ2) is 11.9. The Labute approximate surface area is 184 Å². The van der Waals surface area contributed by atoms with Crippen molar-refractivity contribution >= 4 is 29.9 Å². The highest BCUT2D eigenvalue weighted by Gasteiger charge is 2.15. The fourth-order valence-corrected chi connectivity index (χ4v) is 2.79. The third-order valence-corrected chi connectivity index (χ3v) is 4.48. The maximum absolute atomic E-state index is 13.7. The molecule has 0 saturated carbocycles. The van der Waals surface area contributed by atoms with Crippen LogP contribution in [0.1, 0.15) is 22.7 Å². The molecule has 2 N–H and O–H groups in total. The molecule has 0 heterocycles. The first-order chi connectivity index (χ1) is 12.9. The van der Waals surface area contributed by atoms with E-state index < -0.39 is 0 Å². The average molecular weight is 500 g/mol. The molecule has 0 radical (unpaired) electrons. The summed E-state index contributed by atoms with van der Waals surface area (Å²) >= 11 is 0. The van der Waals surface area contributed by atoms with Crippen molar-refractivity contribution in [3.8, 4) is 5.75 Å². The van der Waals surface area contributed by atoms with Gasteiger partial charge in [0.05, 0.1) is 13.2 Å². The molecular weight excluding hydrogens is 470 g/mol. The smallest absolute Gasteiger partial charge is 0.191 e. The SMILES string of the molecule is CN=C(NCc1ccc(C)c(F)c1)NCC(c1cccc(OC)c1)N(C)C.I. The lowest BCUT2D eigenvalue weighted by Crippen LogP contribution is -2.41. The molecule has 7 heteroatoms. The van der Waals surface area contributed by atoms with Crippen LogP contribution in [0, 0.1) is 12.7 Å². The van der Waals surface area contributed by atoms with E-state index in [1.807, 2.05) is 38.4 Å². The number of ether oxygens (including phenoxy) is 1. The van der Waals surface area contributed by atoms with Crippen LogP contribution in [0.15, 0.2) is 47.5 Å². The van der Waals surface area contributed by atoms with Crippen LogP contribution in [0.25, 0.3) is 0 Å². The molecule has 5 nitrogen and oxygen atoms in total. The van der Waals surface area contributed by atoms with Crippen LogP contribution >= 0.6 is 24.0 Å². The van der Waals surface area contributed by atoms with Crippen molar-refractivity contribution in [1.82, 2.24) is 15.5 Å². The van der Waals surface area contributed by atoms with Gasteiger partial charge in [-0.1, -0.05) is 24.3 Å². The van der Waals surface area contributed by atoms with Crippen LogP contribution < -0.4 is 15.4 Å². The molecule has 1 atom stereocenters. The zero-order valence-corrected chi connectivity index (χ0v) is 19.5. The number of likely N-dealkylation sites (N-methyl/N-ethyl adjacent to an activating group) is 1. The van der Waals surface area contributed by atoms with Crippen molar-refractivity contribution in [2.75, 3.05) is 34.8 Å². The van der Waals surface area contributed by atoms with Gasteiger partial charge in [-0.15, -0.1) is 24.0 Å². The minimum atomic E-state index is -0.192. The topological polar surface area (TPSA) is 48.9 Å². The van der Waals surface area contributed by atoms with Gasteiger partial charge in [-0.3, -0.25) is 4.99 Å². The van der Waals surface area contributed by atoms with Crippen molar-refractivity contribution in [3.63, 3.8) is 0 Å². The number of hydrogen-bond donors (Lipinski definition) is 2. The van der Waals surface area contributed by atoms with Crippen molar-refractivity contribution < 1.29 is 9.13 Å². The first kappa shape index (κ1) is 24.2. The van der Waals surface area contributed by atoms with E-state index in [4.69, 9.17) is 4.74 Å². The summed E-state index contributed by atoms with van der Waals surface area (Å²) in [6.45, 7) is 2.93. The van der Waals surface area contributed by atoms with E-state index in [0.29, 0.717) is 24.6 Å². The maximum Gasteiger partial charge on any atom is 0.191 e. The third kappa shape index (κ3) is 6.94. The number of nitrogens with one attached hydrogen (secondary N) is 2. The first-order valence-corrected chi connectivity index (χ1v) is 8.94. The molecule has 0 aliphatic heterocycles. The second-order valence-electron chi connectivity index (χ2n) is 6.65. The molecular formula is C21H30FIN4O. The number of nitrogens with zero attached hydrogens (tertiary/aromatic N) is 2. The molecule has 154 valence electrons. The van der Waals surface area contributed by atoms with Gasteiger partial charge >= 0.3 is 0 Å². The minimum absolute atomic E-state index is 0. The molecule has 0 aromatic heterocycles. The standard InChI is InChI=1S/C21H29FN4O.HI/c1-15-9-10-16(11-19(15)22)13-24-21(23-2)25-14-20(26(3)4)17-7-6-8-18(12-17)27-5;/h6-12,20H,13-14H2,1-5H3,(H2,23,24,25);1H. The molecule has 0 spiro atoms. The predicted molar refractivity (Wildman–Crippen MR) is 124 cm³/mol. The molecule has 0 bridgehead atoms. The summed E-state index contributed by atoms with van der Waals surface area (Å²) < 4.78 is 19.0. The Hall–Kier alpha value is -1.87. The van der Waals surface area contributed by atoms with Crippen molar-refractivity contribution in [2.45, 2.75) is 19.5 Å². The molecule has 2 rings (SSSR count). The van der Waals surface area contributed by atoms with Gasteiger partial charge in [-0.25, -0.2) is 4.39 Å². The lowest BCUT2D eigenvalue weighted by Gasteiger charge is -2.26. The normalized spacial score (nSPS) is 12.3. The van der Waals surface area contributed by atoms with Crippen LogP contribution in [-0.2, 0) is 6.54 Å². The van der Waals surface area contributed by atoms with Gasteiger partial charge in [0, 0.05) is 20.1 Å². The summed E-state index contributed by atoms with van der Waals surface area (Å²) in [5.41, 5.74) is 2.68. The van der Waals surface area contributed by atoms with Gasteiger partial charge in [0.1, 0.15) is 11.6 Å². The quantitative estimate of drug-likeness (QED) is 0.346. The third-order valence-electron chi connectivity index (χ3n) is 4.48. The van der Waals surface area contributed by atoms with Crippen LogP contribution in [-0.4, -0.2) is 45.7 Å². The summed E-state index contributed by atoms with van der Waals surface area (Å²) in [7, 11) is 7.47. The Morgan fingerprint density at radius 3 is 2.54 bits per heavy atom. The van der Waals surface area contributed by atoms with E-state index in [2.05, 4.69) is 26.6 Å². The molecule has 0 saturated heterocycles. The van der Waals surface area contributed by atoms with Crippen LogP contribution in [0.2, 0.25) is 0 Å². The summed E-state index contributed by atoms with van der Waals surface area (Å²) in [5.74, 6) is 1.32. The minimum Gasteiger partial charge on any atom is -0.497 e. The second-order valence-corrected chi connectivity index (χ2v) is 6.65. The summed E-state index contributed by atoms with van der Waals surface area (Å²) in [6.07, 6.45) is 0. The molecule has 1 unspecified atom stereocenters. The van der Waals surface area contributed by atoms with Crippen LogP contribution in [0.3, 0.4) is 0 Å². The van der Waals surface area contributed by atoms with E-state index >= 15 is 0 Å². The highest BCUT2D eigenvalue weighted by Crippen LogP contribution is 2.22. The average Bonchev–Trinajstić information content (AvgIpc) is 2.67. The van der Waals surface area contributed by atoms with E-state index in [-0.39, 0.29) is 35.8 Å². The van der Waals surface area contributed by atoms with E-state index in [0.717, 1.165) is 16.9 Å². The largest absolute Gasteiger partial charge is 0.497 e. The van der Waals surface area contributed by atoms with Gasteiger partial charge in [0.15, 0.2) is 5.96 Å². The molecule has 0 fully saturated rings. The van der Waals surface area contributed by atoms with Gasteiger partial charge in [0.2, 0.25) is 0 Å². The Kier molecular flexibility index (Phi) is 10.2. The summed E-state index contributed by atoms with van der Waals surface area (Å²) in [4.78, 5) is 6.40. The van der Waals surface area contributed by atoms with Crippen LogP contribution in [0.5, 0.6) is 5.75 Å². The zero-order valence-electron chi connectivity index (χ0n) is 17.1. The highest BCUT2D eigenvalue weighted by atomic mass is 127. The fraction of sp³-hybridized carbons (Fsp3) is 0.381. The molecule has 0 amide bonds. The lowest BCUT2D eigenvalue weighted by atomic mass is 10.1. The molecule has 0 aliphatic carbocycles. The van der Waals surface area contributed by atoms with E-state index in [9.17, 15) is 4.39 Å². The highest BCUT2D eigenvalue weighted by molar-refractivity contribution is 14.0. The Morgan fingerprint density at radius 1 is 1.18 bits per heavy atom. The van der Waals surface area contributed by atoms with Crippen molar-refractivity contribution in [1.29, 1.82) is 0 Å². The summed E-state index contributed by atoms with van der Waals surface area (Å²) in [5, 5.41) is 6.58. The van der Waals surface area contributed by atoms with Gasteiger partial charge in [0.25, 0.3) is 0 Å². The first-order valence-electron chi connectivity index (χ1n) is 8.94. The van der Waals surface area contributed by atoms with Crippen LogP contribution in [0.4, 0.5) is 4.39 Å². The van der Waals surface area contributed by atoms with Crippen molar-refractivity contribution in [3.05, 3.63) is 65.0 Å². The number of benzene rings is 2. The Bertz CT molecular complexity index is 783. The summed E-state index contributed by atoms with van der Waals surface area (Å²) in [6, 6.07) is 13.4. The number of hydrogen-bond acceptors (Lipinski definition) is 3. The number of aryl methyl sites for hydroxylation is 1. The number of methoxy groups -OCH3 is 1. The van der Waals surface area contributed by atoms with Gasteiger partial charge < -0.3 is 20.3 Å². The zero-order chi connectivity index (χ0) is 19.8. The predicted octanol–water partition coefficient (Wildman–Crippen LogP) is 3.73. The number of aliphatic imine (C=N–C) groups is 1. The van der Waals surface area contributed by atoms with E-state index in [1.54, 1.807) is 33.2 Å².